The van der Waals surface area contributed by atoms with E-state index in [1.54, 1.807) is 0 Å². The smallest absolute Gasteiger partial charge is 0.306 e. The van der Waals surface area contributed by atoms with Crippen LogP contribution in [-0.4, -0.2) is 37.2 Å². The van der Waals surface area contributed by atoms with Crippen LogP contribution in [0.25, 0.3) is 0 Å². The Morgan fingerprint density at radius 1 is 0.284 bits per heavy atom. The van der Waals surface area contributed by atoms with Crippen molar-refractivity contribution in [2.24, 2.45) is 0 Å². The predicted octanol–water partition coefficient (Wildman–Crippen LogP) is 21.9. The zero-order chi connectivity index (χ0) is 53.6. The van der Waals surface area contributed by atoms with Crippen molar-refractivity contribution < 1.29 is 28.6 Å². The molecule has 1 unspecified atom stereocenters. The minimum Gasteiger partial charge on any atom is -0.462 e. The van der Waals surface area contributed by atoms with Gasteiger partial charge in [-0.05, 0) is 64.2 Å². The van der Waals surface area contributed by atoms with Crippen LogP contribution >= 0.6 is 0 Å². The molecule has 0 fully saturated rings. The molecule has 6 nitrogen and oxygen atoms in total. The van der Waals surface area contributed by atoms with Gasteiger partial charge in [-0.15, -0.1) is 0 Å². The second-order valence-corrected chi connectivity index (χ2v) is 21.7. The van der Waals surface area contributed by atoms with E-state index in [-0.39, 0.29) is 31.1 Å². The summed E-state index contributed by atoms with van der Waals surface area (Å²) in [6.07, 6.45) is 79.9. The molecule has 0 bridgehead atoms. The summed E-state index contributed by atoms with van der Waals surface area (Å²) in [6, 6.07) is 0. The van der Waals surface area contributed by atoms with Crippen LogP contribution in [0.3, 0.4) is 0 Å². The van der Waals surface area contributed by atoms with E-state index in [0.29, 0.717) is 19.3 Å². The van der Waals surface area contributed by atoms with Crippen molar-refractivity contribution in [3.05, 3.63) is 60.8 Å². The van der Waals surface area contributed by atoms with Crippen molar-refractivity contribution in [3.63, 3.8) is 0 Å². The van der Waals surface area contributed by atoms with Crippen molar-refractivity contribution in [1.29, 1.82) is 0 Å². The van der Waals surface area contributed by atoms with Crippen LogP contribution < -0.4 is 0 Å². The van der Waals surface area contributed by atoms with Crippen LogP contribution in [0, 0.1) is 0 Å². The molecule has 0 rings (SSSR count). The summed E-state index contributed by atoms with van der Waals surface area (Å²) in [7, 11) is 0. The Hall–Kier alpha value is -2.89. The second-order valence-electron chi connectivity index (χ2n) is 21.7. The Morgan fingerprint density at radius 3 is 0.824 bits per heavy atom. The Morgan fingerprint density at radius 2 is 0.527 bits per heavy atom. The summed E-state index contributed by atoms with van der Waals surface area (Å²) in [4.78, 5) is 38.0. The number of unbranched alkanes of at least 4 members (excludes halogenated alkanes) is 38. The third-order valence-corrected chi connectivity index (χ3v) is 14.3. The number of hydrogen-bond acceptors (Lipinski definition) is 6. The van der Waals surface area contributed by atoms with Gasteiger partial charge < -0.3 is 14.2 Å². The second kappa shape index (κ2) is 62.6. The summed E-state index contributed by atoms with van der Waals surface area (Å²) in [5, 5.41) is 0. The van der Waals surface area contributed by atoms with E-state index in [1.165, 1.54) is 199 Å². The molecule has 0 heterocycles. The Labute approximate surface area is 460 Å². The fourth-order valence-electron chi connectivity index (χ4n) is 9.47. The van der Waals surface area contributed by atoms with Crippen LogP contribution in [0.5, 0.6) is 0 Å². The molecular formula is C68H122O6. The highest BCUT2D eigenvalue weighted by Crippen LogP contribution is 2.18. The minimum absolute atomic E-state index is 0.0754. The van der Waals surface area contributed by atoms with Crippen molar-refractivity contribution in [2.75, 3.05) is 13.2 Å². The standard InChI is InChI=1S/C68H122O6/c1-4-7-10-13-16-18-20-22-24-26-28-30-32-33-34-35-37-38-40-42-44-46-48-50-52-55-58-61-67(70)73-64-65(63-72-66(69)60-57-54-15-12-9-6-3)74-68(71)62-59-56-53-51-49-47-45-43-41-39-36-31-29-27-25-23-21-19-17-14-11-8-5-2/h8,11,17,19,23,25,29,31,39,41,65H,4-7,9-10,12-16,18,20-22,24,26-28,30,32-38,40,42-64H2,1-3H3/b11-8-,19-17-,25-23-,31-29-,41-39-. The first-order valence-corrected chi connectivity index (χ1v) is 32.3. The number of ether oxygens (including phenoxy) is 3. The molecule has 0 N–H and O–H groups in total. The van der Waals surface area contributed by atoms with E-state index in [0.717, 1.165) is 96.3 Å². The lowest BCUT2D eigenvalue weighted by Gasteiger charge is -2.18. The van der Waals surface area contributed by atoms with Crippen molar-refractivity contribution in [1.82, 2.24) is 0 Å². The number of carbonyl (C=O) groups excluding carboxylic acids is 3. The largest absolute Gasteiger partial charge is 0.462 e. The third kappa shape index (κ3) is 60.0. The number of carbonyl (C=O) groups is 3. The van der Waals surface area contributed by atoms with Gasteiger partial charge in [-0.3, -0.25) is 14.4 Å². The third-order valence-electron chi connectivity index (χ3n) is 14.3. The van der Waals surface area contributed by atoms with Gasteiger partial charge in [-0.25, -0.2) is 0 Å². The number of esters is 3. The summed E-state index contributed by atoms with van der Waals surface area (Å²) >= 11 is 0. The highest BCUT2D eigenvalue weighted by molar-refractivity contribution is 5.71. The van der Waals surface area contributed by atoms with Gasteiger partial charge in [0.25, 0.3) is 0 Å². The van der Waals surface area contributed by atoms with E-state index in [1.807, 2.05) is 0 Å². The Kier molecular flexibility index (Phi) is 60.2. The molecule has 0 aliphatic rings. The molecule has 430 valence electrons. The number of rotatable bonds is 59. The molecule has 0 aromatic carbocycles. The topological polar surface area (TPSA) is 78.9 Å². The molecule has 0 aromatic rings. The fourth-order valence-corrected chi connectivity index (χ4v) is 9.47. The van der Waals surface area contributed by atoms with Crippen LogP contribution in [0.15, 0.2) is 60.8 Å². The monoisotopic (exact) mass is 1030 g/mol. The quantitative estimate of drug-likeness (QED) is 0.0261. The maximum absolute atomic E-state index is 12.8. The molecule has 6 heteroatoms. The maximum atomic E-state index is 12.8. The lowest BCUT2D eigenvalue weighted by molar-refractivity contribution is -0.167. The fraction of sp³-hybridized carbons (Fsp3) is 0.809. The van der Waals surface area contributed by atoms with E-state index in [4.69, 9.17) is 14.2 Å². The average molecular weight is 1040 g/mol. The van der Waals surface area contributed by atoms with E-state index >= 15 is 0 Å². The van der Waals surface area contributed by atoms with Crippen LogP contribution in [0.1, 0.15) is 335 Å². The molecule has 0 spiro atoms. The van der Waals surface area contributed by atoms with E-state index < -0.39 is 6.10 Å². The van der Waals surface area contributed by atoms with E-state index in [2.05, 4.69) is 81.5 Å². The lowest BCUT2D eigenvalue weighted by atomic mass is 10.0. The van der Waals surface area contributed by atoms with Crippen molar-refractivity contribution in [3.8, 4) is 0 Å². The van der Waals surface area contributed by atoms with Gasteiger partial charge in [0.05, 0.1) is 0 Å². The summed E-state index contributed by atoms with van der Waals surface area (Å²) in [5.74, 6) is -0.881. The Balaban J connectivity index is 4.06. The van der Waals surface area contributed by atoms with Gasteiger partial charge >= 0.3 is 17.9 Å². The van der Waals surface area contributed by atoms with Crippen molar-refractivity contribution in [2.45, 2.75) is 341 Å². The molecule has 1 atom stereocenters. The molecule has 0 aliphatic heterocycles. The highest BCUT2D eigenvalue weighted by Gasteiger charge is 2.19. The van der Waals surface area contributed by atoms with Crippen molar-refractivity contribution >= 4 is 17.9 Å². The summed E-state index contributed by atoms with van der Waals surface area (Å²) in [6.45, 7) is 6.50. The van der Waals surface area contributed by atoms with E-state index in [9.17, 15) is 14.4 Å². The minimum atomic E-state index is -0.776. The van der Waals surface area contributed by atoms with Gasteiger partial charge in [-0.2, -0.15) is 0 Å². The zero-order valence-electron chi connectivity index (χ0n) is 49.4. The van der Waals surface area contributed by atoms with Crippen LogP contribution in [0.4, 0.5) is 0 Å². The number of allylic oxidation sites excluding steroid dienone is 10. The SMILES string of the molecule is CC/C=C\C/C=C\C/C=C\C/C=C\C/C=C\CCCCCCCCCC(=O)OC(COC(=O)CCCCCCCC)COC(=O)CCCCCCCCCCCCCCCCCCCCCCCCCCCCC. The molecule has 74 heavy (non-hydrogen) atoms. The molecule has 0 aliphatic carbocycles. The lowest BCUT2D eigenvalue weighted by Crippen LogP contribution is -2.30. The van der Waals surface area contributed by atoms with Gasteiger partial charge in [-0.1, -0.05) is 313 Å². The first kappa shape index (κ1) is 71.1. The normalized spacial score (nSPS) is 12.4. The molecule has 0 aromatic heterocycles. The molecular weight excluding hydrogens is 913 g/mol. The number of hydrogen-bond donors (Lipinski definition) is 0. The molecule has 0 saturated carbocycles. The van der Waals surface area contributed by atoms with Gasteiger partial charge in [0, 0.05) is 19.3 Å². The maximum Gasteiger partial charge on any atom is 0.306 e. The first-order chi connectivity index (χ1) is 36.5. The summed E-state index contributed by atoms with van der Waals surface area (Å²) < 4.78 is 16.8. The van der Waals surface area contributed by atoms with Gasteiger partial charge in [0.1, 0.15) is 13.2 Å². The van der Waals surface area contributed by atoms with Gasteiger partial charge in [0.2, 0.25) is 0 Å². The molecule has 0 radical (unpaired) electrons. The first-order valence-electron chi connectivity index (χ1n) is 32.3. The average Bonchev–Trinajstić information content (AvgIpc) is 3.40. The molecule has 0 amide bonds. The van der Waals surface area contributed by atoms with Crippen LogP contribution in [-0.2, 0) is 28.6 Å². The zero-order valence-corrected chi connectivity index (χ0v) is 49.4. The summed E-state index contributed by atoms with van der Waals surface area (Å²) in [5.41, 5.74) is 0. The predicted molar refractivity (Wildman–Crippen MR) is 321 cm³/mol. The Bertz CT molecular complexity index is 1330. The van der Waals surface area contributed by atoms with Gasteiger partial charge in [0.15, 0.2) is 6.10 Å². The molecule has 0 saturated heterocycles. The van der Waals surface area contributed by atoms with Crippen LogP contribution in [0.2, 0.25) is 0 Å². The highest BCUT2D eigenvalue weighted by atomic mass is 16.6.